The number of nitrogens with one attached hydrogen (secondary N) is 1. The van der Waals surface area contributed by atoms with Crippen molar-refractivity contribution in [1.82, 2.24) is 15.1 Å². The smallest absolute Gasteiger partial charge is 0.240 e. The minimum Gasteiger partial charge on any atom is -0.354 e. The molecule has 1 aromatic carbocycles. The van der Waals surface area contributed by atoms with Gasteiger partial charge in [-0.25, -0.2) is 0 Å². The number of piperazine rings is 1. The van der Waals surface area contributed by atoms with E-state index in [2.05, 4.69) is 52.5 Å². The van der Waals surface area contributed by atoms with Crippen LogP contribution in [0.2, 0.25) is 0 Å². The molecule has 2 fully saturated rings. The number of carbonyl (C=O) groups is 1. The second kappa shape index (κ2) is 13.7. The zero-order valence-corrected chi connectivity index (χ0v) is 19.8. The van der Waals surface area contributed by atoms with E-state index >= 15 is 0 Å². The Kier molecular flexibility index (Phi) is 13.4. The molecule has 1 amide bonds. The fourth-order valence-electron chi connectivity index (χ4n) is 4.29. The minimum absolute atomic E-state index is 0. The van der Waals surface area contributed by atoms with Crippen molar-refractivity contribution in [2.24, 2.45) is 5.73 Å². The van der Waals surface area contributed by atoms with Gasteiger partial charge in [0.25, 0.3) is 0 Å². The lowest BCUT2D eigenvalue weighted by atomic mass is 9.82. The molecule has 1 saturated carbocycles. The SMILES string of the molecule is CN1CCN(CCCNC(=O)C2(N)CCCCC2)C(c2ccccc2)C1.Cl.Cl.Cl. The Morgan fingerprint density at radius 3 is 2.41 bits per heavy atom. The van der Waals surface area contributed by atoms with Gasteiger partial charge in [0.15, 0.2) is 0 Å². The number of carbonyl (C=O) groups excluding carboxylic acids is 1. The van der Waals surface area contributed by atoms with Gasteiger partial charge in [-0.2, -0.15) is 0 Å². The van der Waals surface area contributed by atoms with Gasteiger partial charge >= 0.3 is 0 Å². The number of halogens is 3. The van der Waals surface area contributed by atoms with Gasteiger partial charge in [-0.15, -0.1) is 37.2 Å². The van der Waals surface area contributed by atoms with E-state index in [0.29, 0.717) is 12.6 Å². The van der Waals surface area contributed by atoms with Crippen LogP contribution in [-0.2, 0) is 4.79 Å². The molecule has 0 aromatic heterocycles. The maximum absolute atomic E-state index is 12.4. The first-order valence-corrected chi connectivity index (χ1v) is 10.1. The van der Waals surface area contributed by atoms with Gasteiger partial charge < -0.3 is 16.0 Å². The second-order valence-electron chi connectivity index (χ2n) is 8.05. The van der Waals surface area contributed by atoms with E-state index < -0.39 is 5.54 Å². The predicted octanol–water partition coefficient (Wildman–Crippen LogP) is 3.41. The molecule has 2 aliphatic rings. The van der Waals surface area contributed by atoms with Crippen LogP contribution in [0.25, 0.3) is 0 Å². The van der Waals surface area contributed by atoms with Crippen LogP contribution >= 0.6 is 37.2 Å². The molecule has 29 heavy (non-hydrogen) atoms. The van der Waals surface area contributed by atoms with Crippen molar-refractivity contribution in [2.45, 2.75) is 50.1 Å². The van der Waals surface area contributed by atoms with Crippen LogP contribution in [-0.4, -0.2) is 61.0 Å². The van der Waals surface area contributed by atoms with Crippen LogP contribution in [0.4, 0.5) is 0 Å². The highest BCUT2D eigenvalue weighted by Crippen LogP contribution is 2.26. The van der Waals surface area contributed by atoms with E-state index in [1.807, 2.05) is 0 Å². The van der Waals surface area contributed by atoms with E-state index in [0.717, 1.165) is 58.3 Å². The van der Waals surface area contributed by atoms with E-state index in [-0.39, 0.29) is 43.1 Å². The second-order valence-corrected chi connectivity index (χ2v) is 8.05. The molecular formula is C21H37Cl3N4O. The van der Waals surface area contributed by atoms with Crippen molar-refractivity contribution >= 4 is 43.1 Å². The summed E-state index contributed by atoms with van der Waals surface area (Å²) in [6.45, 7) is 4.95. The van der Waals surface area contributed by atoms with Crippen molar-refractivity contribution in [3.63, 3.8) is 0 Å². The Balaban J connectivity index is 0.00000261. The van der Waals surface area contributed by atoms with Gasteiger partial charge in [-0.3, -0.25) is 9.69 Å². The molecule has 168 valence electrons. The van der Waals surface area contributed by atoms with Gasteiger partial charge in [0.2, 0.25) is 5.91 Å². The van der Waals surface area contributed by atoms with Crippen molar-refractivity contribution in [3.05, 3.63) is 35.9 Å². The highest BCUT2D eigenvalue weighted by molar-refractivity contribution is 5.86. The average molecular weight is 468 g/mol. The molecule has 1 unspecified atom stereocenters. The Labute approximate surface area is 194 Å². The van der Waals surface area contributed by atoms with Gasteiger partial charge in [-0.05, 0) is 31.9 Å². The maximum Gasteiger partial charge on any atom is 0.240 e. The third kappa shape index (κ3) is 7.89. The number of likely N-dealkylation sites (N-methyl/N-ethyl adjacent to an activating group) is 1. The van der Waals surface area contributed by atoms with E-state index in [9.17, 15) is 4.79 Å². The Hall–Kier alpha value is -0.560. The largest absolute Gasteiger partial charge is 0.354 e. The molecule has 8 heteroatoms. The number of nitrogens with two attached hydrogens (primary N) is 1. The van der Waals surface area contributed by atoms with E-state index in [1.165, 1.54) is 12.0 Å². The fraction of sp³-hybridized carbons (Fsp3) is 0.667. The number of nitrogens with zero attached hydrogens (tertiary/aromatic N) is 2. The van der Waals surface area contributed by atoms with E-state index in [4.69, 9.17) is 5.73 Å². The molecule has 1 heterocycles. The normalized spacial score (nSPS) is 21.8. The minimum atomic E-state index is -0.626. The zero-order chi connectivity index (χ0) is 18.4. The fourth-order valence-corrected chi connectivity index (χ4v) is 4.29. The topological polar surface area (TPSA) is 61.6 Å². The zero-order valence-electron chi connectivity index (χ0n) is 17.3. The number of hydrogen-bond donors (Lipinski definition) is 2. The summed E-state index contributed by atoms with van der Waals surface area (Å²) in [6, 6.07) is 11.2. The lowest BCUT2D eigenvalue weighted by molar-refractivity contribution is -0.127. The van der Waals surface area contributed by atoms with Gasteiger partial charge in [0, 0.05) is 38.8 Å². The third-order valence-corrected chi connectivity index (χ3v) is 5.98. The van der Waals surface area contributed by atoms with Crippen molar-refractivity contribution in [3.8, 4) is 0 Å². The van der Waals surface area contributed by atoms with Gasteiger partial charge in [0.05, 0.1) is 5.54 Å². The molecule has 3 rings (SSSR count). The van der Waals surface area contributed by atoms with Gasteiger partial charge in [0.1, 0.15) is 0 Å². The summed E-state index contributed by atoms with van der Waals surface area (Å²) in [6.07, 6.45) is 5.97. The maximum atomic E-state index is 12.4. The first-order valence-electron chi connectivity index (χ1n) is 10.1. The summed E-state index contributed by atoms with van der Waals surface area (Å²) in [5, 5.41) is 3.09. The summed E-state index contributed by atoms with van der Waals surface area (Å²) in [5.41, 5.74) is 7.07. The summed E-state index contributed by atoms with van der Waals surface area (Å²) in [5.74, 6) is 0.0511. The molecule has 1 aliphatic carbocycles. The van der Waals surface area contributed by atoms with Crippen molar-refractivity contribution in [2.75, 3.05) is 39.8 Å². The van der Waals surface area contributed by atoms with Gasteiger partial charge in [-0.1, -0.05) is 49.6 Å². The highest BCUT2D eigenvalue weighted by Gasteiger charge is 2.35. The predicted molar refractivity (Wildman–Crippen MR) is 128 cm³/mol. The van der Waals surface area contributed by atoms with Crippen molar-refractivity contribution < 1.29 is 4.79 Å². The molecule has 1 saturated heterocycles. The molecule has 0 radical (unpaired) electrons. The standard InChI is InChI=1S/C21H34N4O.3ClH/c1-24-15-16-25(19(17-24)18-9-4-2-5-10-18)14-8-13-23-20(26)21(22)11-6-3-7-12-21;;;/h2,4-5,9-10,19H,3,6-8,11-17,22H2,1H3,(H,23,26);3*1H. The number of amides is 1. The summed E-state index contributed by atoms with van der Waals surface area (Å²) in [7, 11) is 2.19. The number of benzene rings is 1. The third-order valence-electron chi connectivity index (χ3n) is 5.98. The summed E-state index contributed by atoms with van der Waals surface area (Å²) < 4.78 is 0. The Morgan fingerprint density at radius 2 is 1.76 bits per heavy atom. The molecule has 1 atom stereocenters. The molecule has 1 aromatic rings. The molecule has 5 nitrogen and oxygen atoms in total. The number of rotatable bonds is 6. The Bertz CT molecular complexity index is 585. The van der Waals surface area contributed by atoms with E-state index in [1.54, 1.807) is 0 Å². The van der Waals surface area contributed by atoms with Crippen LogP contribution < -0.4 is 11.1 Å². The average Bonchev–Trinajstić information content (AvgIpc) is 2.67. The lowest BCUT2D eigenvalue weighted by Crippen LogP contribution is -2.55. The highest BCUT2D eigenvalue weighted by atomic mass is 35.5. The molecule has 3 N–H and O–H groups in total. The molecular weight excluding hydrogens is 431 g/mol. The molecule has 1 aliphatic heterocycles. The molecule has 0 bridgehead atoms. The van der Waals surface area contributed by atoms with Crippen LogP contribution in [0.15, 0.2) is 30.3 Å². The van der Waals surface area contributed by atoms with Crippen molar-refractivity contribution in [1.29, 1.82) is 0 Å². The van der Waals surface area contributed by atoms with Crippen LogP contribution in [0.1, 0.15) is 50.1 Å². The summed E-state index contributed by atoms with van der Waals surface area (Å²) in [4.78, 5) is 17.4. The summed E-state index contributed by atoms with van der Waals surface area (Å²) >= 11 is 0. The Morgan fingerprint density at radius 1 is 1.10 bits per heavy atom. The first kappa shape index (κ1) is 28.4. The lowest BCUT2D eigenvalue weighted by Gasteiger charge is -2.40. The van der Waals surface area contributed by atoms with Crippen LogP contribution in [0.5, 0.6) is 0 Å². The monoisotopic (exact) mass is 466 g/mol. The quantitative estimate of drug-likeness (QED) is 0.629. The van der Waals surface area contributed by atoms with Crippen LogP contribution in [0, 0.1) is 0 Å². The van der Waals surface area contributed by atoms with Crippen LogP contribution in [0.3, 0.4) is 0 Å². The molecule has 0 spiro atoms. The first-order chi connectivity index (χ1) is 12.6. The number of hydrogen-bond acceptors (Lipinski definition) is 4.